The molecule has 2 aliphatic carbocycles. The van der Waals surface area contributed by atoms with Gasteiger partial charge in [0.2, 0.25) is 5.91 Å². The van der Waals surface area contributed by atoms with E-state index in [0.29, 0.717) is 18.9 Å². The first-order chi connectivity index (χ1) is 15.0. The third kappa shape index (κ3) is 4.78. The number of Topliss-reactive ketones (excluding diaryl/α,β-unsaturated/α-hetero) is 1. The molecular formula is C25H31N3O3. The third-order valence-electron chi connectivity index (χ3n) is 6.86. The average Bonchev–Trinajstić information content (AvgIpc) is 2.96. The molecule has 1 aliphatic heterocycles. The van der Waals surface area contributed by atoms with Gasteiger partial charge in [-0.2, -0.15) is 0 Å². The lowest BCUT2D eigenvalue weighted by Gasteiger charge is -2.42. The van der Waals surface area contributed by atoms with Gasteiger partial charge in [0.15, 0.2) is 11.6 Å². The highest BCUT2D eigenvalue weighted by Gasteiger charge is 2.42. The Hall–Kier alpha value is -2.76. The van der Waals surface area contributed by atoms with E-state index in [4.69, 9.17) is 0 Å². The van der Waals surface area contributed by atoms with E-state index in [-0.39, 0.29) is 23.9 Å². The number of allylic oxidation sites excluding steroid dienone is 1. The van der Waals surface area contributed by atoms with E-state index in [9.17, 15) is 14.4 Å². The first-order valence-corrected chi connectivity index (χ1v) is 11.4. The lowest BCUT2D eigenvalue weighted by molar-refractivity contribution is -0.128. The SMILES string of the molecule is CC1(N2C[C@H](NC(=O)CCC3CCCCC3)N=Cc3ccccc32)C=CC(=O)CC1=O. The maximum Gasteiger partial charge on any atom is 0.221 e. The van der Waals surface area contributed by atoms with Crippen molar-refractivity contribution in [2.75, 3.05) is 11.4 Å². The van der Waals surface area contributed by atoms with Gasteiger partial charge in [-0.15, -0.1) is 0 Å². The molecule has 1 fully saturated rings. The molecule has 6 heteroatoms. The molecule has 6 nitrogen and oxygen atoms in total. The van der Waals surface area contributed by atoms with Crippen LogP contribution >= 0.6 is 0 Å². The van der Waals surface area contributed by atoms with E-state index in [1.807, 2.05) is 36.1 Å². The molecule has 0 radical (unpaired) electrons. The minimum Gasteiger partial charge on any atom is -0.351 e. The number of para-hydroxylation sites is 1. The monoisotopic (exact) mass is 421 g/mol. The van der Waals surface area contributed by atoms with Crippen LogP contribution in [0.2, 0.25) is 0 Å². The molecule has 3 aliphatic rings. The summed E-state index contributed by atoms with van der Waals surface area (Å²) >= 11 is 0. The Bertz CT molecular complexity index is 916. The van der Waals surface area contributed by atoms with Crippen molar-refractivity contribution in [2.24, 2.45) is 10.9 Å². The van der Waals surface area contributed by atoms with Crippen molar-refractivity contribution in [1.29, 1.82) is 0 Å². The second kappa shape index (κ2) is 9.16. The standard InChI is InChI=1S/C25H31N3O3/c1-25(14-13-20(29)15-22(25)30)28-17-23(26-16-19-9-5-6-10-21(19)28)27-24(31)12-11-18-7-3-2-4-8-18/h5-6,9-10,13-14,16,18,23H,2-4,7-8,11-12,15,17H2,1H3,(H,27,31)/t23-,25?/m0/s1. The lowest BCUT2D eigenvalue weighted by Crippen LogP contribution is -2.57. The molecule has 4 rings (SSSR count). The number of fused-ring (bicyclic) bond motifs is 1. The second-order valence-electron chi connectivity index (χ2n) is 9.12. The molecule has 0 aromatic heterocycles. The molecule has 1 aromatic carbocycles. The number of benzodiazepines with no additional fused rings is 1. The number of aliphatic imine (C=N–C) groups is 1. The van der Waals surface area contributed by atoms with Crippen LogP contribution < -0.4 is 10.2 Å². The maximum atomic E-state index is 12.9. The molecule has 0 bridgehead atoms. The Labute approximate surface area is 183 Å². The summed E-state index contributed by atoms with van der Waals surface area (Å²) in [6.45, 7) is 2.20. The van der Waals surface area contributed by atoms with Gasteiger partial charge in [0, 0.05) is 23.9 Å². The summed E-state index contributed by atoms with van der Waals surface area (Å²) in [6.07, 6.45) is 12.1. The van der Waals surface area contributed by atoms with Crippen molar-refractivity contribution in [3.8, 4) is 0 Å². The summed E-state index contributed by atoms with van der Waals surface area (Å²) in [6, 6.07) is 7.76. The van der Waals surface area contributed by atoms with Gasteiger partial charge in [0.1, 0.15) is 11.7 Å². The van der Waals surface area contributed by atoms with Gasteiger partial charge in [-0.25, -0.2) is 0 Å². The zero-order chi connectivity index (χ0) is 21.8. The van der Waals surface area contributed by atoms with Gasteiger partial charge in [0.25, 0.3) is 0 Å². The lowest BCUT2D eigenvalue weighted by atomic mass is 9.85. The van der Waals surface area contributed by atoms with E-state index < -0.39 is 11.7 Å². The number of hydrogen-bond acceptors (Lipinski definition) is 5. The fourth-order valence-corrected chi connectivity index (χ4v) is 4.91. The molecule has 1 heterocycles. The van der Waals surface area contributed by atoms with E-state index in [0.717, 1.165) is 17.7 Å². The fourth-order valence-electron chi connectivity index (χ4n) is 4.91. The minimum absolute atomic E-state index is 0.00414. The molecule has 1 unspecified atom stereocenters. The molecule has 1 aromatic rings. The fraction of sp³-hybridized carbons (Fsp3) is 0.520. The number of rotatable bonds is 5. The van der Waals surface area contributed by atoms with E-state index in [2.05, 4.69) is 10.3 Å². The highest BCUT2D eigenvalue weighted by molar-refractivity contribution is 6.13. The molecule has 164 valence electrons. The van der Waals surface area contributed by atoms with Crippen LogP contribution in [0.3, 0.4) is 0 Å². The van der Waals surface area contributed by atoms with Gasteiger partial charge in [0.05, 0.1) is 13.0 Å². The van der Waals surface area contributed by atoms with Crippen LogP contribution in [-0.4, -0.2) is 41.9 Å². The highest BCUT2D eigenvalue weighted by atomic mass is 16.2. The molecule has 2 atom stereocenters. The summed E-state index contributed by atoms with van der Waals surface area (Å²) < 4.78 is 0. The first kappa shape index (κ1) is 21.5. The van der Waals surface area contributed by atoms with E-state index >= 15 is 0 Å². The highest BCUT2D eigenvalue weighted by Crippen LogP contribution is 2.33. The Morgan fingerprint density at radius 3 is 2.74 bits per heavy atom. The van der Waals surface area contributed by atoms with Gasteiger partial charge < -0.3 is 10.2 Å². The molecule has 1 N–H and O–H groups in total. The summed E-state index contributed by atoms with van der Waals surface area (Å²) in [5.41, 5.74) is 0.809. The van der Waals surface area contributed by atoms with Crippen LogP contribution in [0.1, 0.15) is 63.9 Å². The van der Waals surface area contributed by atoms with Gasteiger partial charge in [-0.1, -0.05) is 50.3 Å². The molecular weight excluding hydrogens is 390 g/mol. The summed E-state index contributed by atoms with van der Waals surface area (Å²) in [5.74, 6) is 0.345. The number of nitrogens with zero attached hydrogens (tertiary/aromatic N) is 2. The summed E-state index contributed by atoms with van der Waals surface area (Å²) in [5, 5.41) is 3.06. The van der Waals surface area contributed by atoms with Crippen LogP contribution in [0.25, 0.3) is 0 Å². The van der Waals surface area contributed by atoms with E-state index in [1.54, 1.807) is 12.3 Å². The molecule has 31 heavy (non-hydrogen) atoms. The number of amides is 1. The van der Waals surface area contributed by atoms with Gasteiger partial charge in [-0.05, 0) is 37.5 Å². The number of anilines is 1. The van der Waals surface area contributed by atoms with Crippen LogP contribution in [-0.2, 0) is 14.4 Å². The molecule has 1 amide bonds. The smallest absolute Gasteiger partial charge is 0.221 e. The van der Waals surface area contributed by atoms with Crippen molar-refractivity contribution >= 4 is 29.4 Å². The normalized spacial score (nSPS) is 26.5. The van der Waals surface area contributed by atoms with Crippen molar-refractivity contribution in [1.82, 2.24) is 5.32 Å². The van der Waals surface area contributed by atoms with Crippen molar-refractivity contribution in [3.63, 3.8) is 0 Å². The molecule has 1 saturated carbocycles. The average molecular weight is 422 g/mol. The summed E-state index contributed by atoms with van der Waals surface area (Å²) in [7, 11) is 0. The van der Waals surface area contributed by atoms with Crippen molar-refractivity contribution in [3.05, 3.63) is 42.0 Å². The zero-order valence-electron chi connectivity index (χ0n) is 18.2. The van der Waals surface area contributed by atoms with E-state index in [1.165, 1.54) is 38.2 Å². The van der Waals surface area contributed by atoms with Crippen LogP contribution in [0.5, 0.6) is 0 Å². The molecule has 0 spiro atoms. The number of benzene rings is 1. The Kier molecular flexibility index (Phi) is 6.35. The predicted molar refractivity (Wildman–Crippen MR) is 121 cm³/mol. The summed E-state index contributed by atoms with van der Waals surface area (Å²) in [4.78, 5) is 43.9. The quantitative estimate of drug-likeness (QED) is 0.737. The number of nitrogens with one attached hydrogen (secondary N) is 1. The first-order valence-electron chi connectivity index (χ1n) is 11.4. The van der Waals surface area contributed by atoms with Crippen LogP contribution in [0.4, 0.5) is 5.69 Å². The van der Waals surface area contributed by atoms with Crippen LogP contribution in [0, 0.1) is 5.92 Å². The topological polar surface area (TPSA) is 78.8 Å². The Morgan fingerprint density at radius 1 is 1.19 bits per heavy atom. The van der Waals surface area contributed by atoms with Gasteiger partial charge >= 0.3 is 0 Å². The zero-order valence-corrected chi connectivity index (χ0v) is 18.2. The van der Waals surface area contributed by atoms with Gasteiger partial charge in [-0.3, -0.25) is 19.4 Å². The minimum atomic E-state index is -0.956. The van der Waals surface area contributed by atoms with Crippen LogP contribution in [0.15, 0.2) is 41.4 Å². The largest absolute Gasteiger partial charge is 0.351 e. The van der Waals surface area contributed by atoms with Crippen molar-refractivity contribution < 1.29 is 14.4 Å². The Morgan fingerprint density at radius 2 is 1.97 bits per heavy atom. The number of carbonyl (C=O) groups is 3. The number of carbonyl (C=O) groups excluding carboxylic acids is 3. The number of hydrogen-bond donors (Lipinski definition) is 1. The second-order valence-corrected chi connectivity index (χ2v) is 9.12. The number of ketones is 2. The predicted octanol–water partition coefficient (Wildman–Crippen LogP) is 3.59. The third-order valence-corrected chi connectivity index (χ3v) is 6.86. The Balaban J connectivity index is 1.51. The maximum absolute atomic E-state index is 12.9. The van der Waals surface area contributed by atoms with Crippen molar-refractivity contribution in [2.45, 2.75) is 70.0 Å². The molecule has 0 saturated heterocycles.